The molecule has 1 atom stereocenters. The van der Waals surface area contributed by atoms with E-state index < -0.39 is 11.9 Å². The van der Waals surface area contributed by atoms with Crippen LogP contribution in [0.25, 0.3) is 22.1 Å². The molecule has 0 saturated carbocycles. The van der Waals surface area contributed by atoms with Crippen LogP contribution in [0.2, 0.25) is 0 Å². The Bertz CT molecular complexity index is 805. The third-order valence-electron chi connectivity index (χ3n) is 3.27. The number of hydrogen-bond acceptors (Lipinski definition) is 4. The number of aliphatic carboxylic acids is 1. The molecule has 0 bridgehead atoms. The summed E-state index contributed by atoms with van der Waals surface area (Å²) in [6.45, 7) is 1.56. The third-order valence-corrected chi connectivity index (χ3v) is 4.14. The van der Waals surface area contributed by atoms with Crippen LogP contribution < -0.4 is 29.6 Å². The van der Waals surface area contributed by atoms with E-state index in [9.17, 15) is 14.3 Å². The molecule has 114 valence electrons. The monoisotopic (exact) mass is 341 g/mol. The van der Waals surface area contributed by atoms with Gasteiger partial charge in [0.25, 0.3) is 0 Å². The summed E-state index contributed by atoms with van der Waals surface area (Å²) in [6, 6.07) is 9.42. The van der Waals surface area contributed by atoms with E-state index in [2.05, 4.69) is 4.98 Å². The number of halogens is 1. The van der Waals surface area contributed by atoms with Crippen LogP contribution in [0.3, 0.4) is 0 Å². The number of oxazole rings is 1. The van der Waals surface area contributed by atoms with Crippen molar-refractivity contribution < 1.29 is 49.7 Å². The maximum Gasteiger partial charge on any atom is 1.00 e. The second-order valence-electron chi connectivity index (χ2n) is 4.78. The SMILES string of the molecule is CC(C(=O)O)c1nc(-c2ccc(F)cc2)oc1-c1cccs1.[H-].[Na+]. The minimum Gasteiger partial charge on any atom is -1.00 e. The number of hydrogen-bond donors (Lipinski definition) is 1. The van der Waals surface area contributed by atoms with Gasteiger partial charge in [-0.15, -0.1) is 11.3 Å². The second-order valence-corrected chi connectivity index (χ2v) is 5.73. The Labute approximate surface area is 159 Å². The Balaban J connectivity index is 0.00000144. The van der Waals surface area contributed by atoms with E-state index in [0.717, 1.165) is 4.88 Å². The van der Waals surface area contributed by atoms with Crippen LogP contribution in [0, 0.1) is 5.82 Å². The molecular formula is C16H13FNNaO3S. The Morgan fingerprint density at radius 2 is 2.04 bits per heavy atom. The molecule has 0 aliphatic carbocycles. The molecule has 1 unspecified atom stereocenters. The molecule has 0 aliphatic rings. The molecule has 0 saturated heterocycles. The van der Waals surface area contributed by atoms with Crippen LogP contribution in [-0.4, -0.2) is 16.1 Å². The van der Waals surface area contributed by atoms with Gasteiger partial charge in [0.15, 0.2) is 5.76 Å². The third kappa shape index (κ3) is 3.72. The van der Waals surface area contributed by atoms with Gasteiger partial charge in [0.1, 0.15) is 17.4 Å². The van der Waals surface area contributed by atoms with E-state index in [4.69, 9.17) is 4.42 Å². The van der Waals surface area contributed by atoms with Gasteiger partial charge in [-0.05, 0) is 42.6 Å². The number of nitrogens with zero attached hydrogens (tertiary/aromatic N) is 1. The van der Waals surface area contributed by atoms with E-state index in [0.29, 0.717) is 17.0 Å². The quantitative estimate of drug-likeness (QED) is 0.731. The van der Waals surface area contributed by atoms with Gasteiger partial charge < -0.3 is 11.0 Å². The van der Waals surface area contributed by atoms with E-state index >= 15 is 0 Å². The van der Waals surface area contributed by atoms with Crippen LogP contribution in [0.5, 0.6) is 0 Å². The Morgan fingerprint density at radius 3 is 2.61 bits per heavy atom. The van der Waals surface area contributed by atoms with Crippen molar-refractivity contribution in [1.29, 1.82) is 0 Å². The Kier molecular flexibility index (Phi) is 5.75. The topological polar surface area (TPSA) is 63.3 Å². The average molecular weight is 341 g/mol. The number of carboxylic acids is 1. The summed E-state index contributed by atoms with van der Waals surface area (Å²) >= 11 is 1.44. The van der Waals surface area contributed by atoms with Crippen molar-refractivity contribution in [2.45, 2.75) is 12.8 Å². The fourth-order valence-corrected chi connectivity index (χ4v) is 2.76. The van der Waals surface area contributed by atoms with Crippen LogP contribution in [0.1, 0.15) is 20.0 Å². The van der Waals surface area contributed by atoms with Crippen LogP contribution >= 0.6 is 11.3 Å². The number of carbonyl (C=O) groups is 1. The summed E-state index contributed by atoms with van der Waals surface area (Å²) in [7, 11) is 0. The van der Waals surface area contributed by atoms with Crippen molar-refractivity contribution in [2.75, 3.05) is 0 Å². The van der Waals surface area contributed by atoms with Gasteiger partial charge in [0.05, 0.1) is 4.88 Å². The number of carboxylic acid groups (broad SMARTS) is 1. The molecule has 4 nitrogen and oxygen atoms in total. The van der Waals surface area contributed by atoms with Crippen LogP contribution in [-0.2, 0) is 4.79 Å². The van der Waals surface area contributed by atoms with E-state index in [1.165, 1.54) is 23.5 Å². The number of benzene rings is 1. The first-order valence-electron chi connectivity index (χ1n) is 6.59. The first kappa shape index (κ1) is 17.9. The summed E-state index contributed by atoms with van der Waals surface area (Å²) in [6.07, 6.45) is 0. The number of rotatable bonds is 4. The largest absolute Gasteiger partial charge is 1.00 e. The standard InChI is InChI=1S/C16H12FNO3S.Na.H/c1-9(16(19)20)13-14(12-3-2-8-22-12)21-15(18-13)10-4-6-11(17)7-5-10;;/h2-9H,1H3,(H,19,20);;/q;+1;-1. The number of aromatic nitrogens is 1. The maximum absolute atomic E-state index is 13.0. The predicted octanol–water partition coefficient (Wildman–Crippen LogP) is 1.51. The number of thiophene rings is 1. The molecule has 0 aliphatic heterocycles. The molecule has 0 spiro atoms. The van der Waals surface area contributed by atoms with Gasteiger partial charge in [-0.1, -0.05) is 6.07 Å². The van der Waals surface area contributed by atoms with Gasteiger partial charge in [0, 0.05) is 5.56 Å². The van der Waals surface area contributed by atoms with Gasteiger partial charge >= 0.3 is 35.5 Å². The smallest absolute Gasteiger partial charge is 1.00 e. The fraction of sp³-hybridized carbons (Fsp3) is 0.125. The van der Waals surface area contributed by atoms with Crippen molar-refractivity contribution >= 4 is 17.3 Å². The molecule has 2 aromatic heterocycles. The van der Waals surface area contributed by atoms with Crippen LogP contribution in [0.4, 0.5) is 4.39 Å². The Hall–Kier alpha value is -1.47. The van der Waals surface area contributed by atoms with Gasteiger partial charge in [-0.3, -0.25) is 4.79 Å². The predicted molar refractivity (Wildman–Crippen MR) is 82.4 cm³/mol. The van der Waals surface area contributed by atoms with E-state index in [-0.39, 0.29) is 42.7 Å². The van der Waals surface area contributed by atoms with Gasteiger partial charge in [-0.2, -0.15) is 0 Å². The first-order chi connectivity index (χ1) is 10.6. The minimum absolute atomic E-state index is 0. The fourth-order valence-electron chi connectivity index (χ4n) is 2.04. The molecule has 3 rings (SSSR count). The normalized spacial score (nSPS) is 11.7. The molecule has 2 heterocycles. The zero-order valence-corrected chi connectivity index (χ0v) is 15.4. The first-order valence-corrected chi connectivity index (χ1v) is 7.47. The molecule has 1 N–H and O–H groups in total. The van der Waals surface area contributed by atoms with Gasteiger partial charge in [-0.25, -0.2) is 9.37 Å². The zero-order chi connectivity index (χ0) is 15.7. The molecule has 0 amide bonds. The second kappa shape index (κ2) is 7.40. The van der Waals surface area contributed by atoms with Crippen molar-refractivity contribution in [3.63, 3.8) is 0 Å². The summed E-state index contributed by atoms with van der Waals surface area (Å²) in [4.78, 5) is 16.4. The van der Waals surface area contributed by atoms with Crippen molar-refractivity contribution in [2.24, 2.45) is 0 Å². The van der Waals surface area contributed by atoms with Crippen molar-refractivity contribution in [1.82, 2.24) is 4.98 Å². The van der Waals surface area contributed by atoms with E-state index in [1.807, 2.05) is 17.5 Å². The summed E-state index contributed by atoms with van der Waals surface area (Å²) in [5, 5.41) is 11.1. The molecule has 1 aromatic carbocycles. The van der Waals surface area contributed by atoms with Crippen molar-refractivity contribution in [3.8, 4) is 22.1 Å². The van der Waals surface area contributed by atoms with E-state index in [1.54, 1.807) is 19.1 Å². The van der Waals surface area contributed by atoms with Crippen molar-refractivity contribution in [3.05, 3.63) is 53.3 Å². The molecule has 0 radical (unpaired) electrons. The molecule has 7 heteroatoms. The minimum atomic E-state index is -0.975. The zero-order valence-electron chi connectivity index (χ0n) is 13.6. The summed E-state index contributed by atoms with van der Waals surface area (Å²) in [5.41, 5.74) is 0.970. The summed E-state index contributed by atoms with van der Waals surface area (Å²) < 4.78 is 18.8. The van der Waals surface area contributed by atoms with Gasteiger partial charge in [0.2, 0.25) is 5.89 Å². The molecular weight excluding hydrogens is 328 g/mol. The summed E-state index contributed by atoms with van der Waals surface area (Å²) in [5.74, 6) is -1.39. The molecule has 3 aromatic rings. The average Bonchev–Trinajstić information content (AvgIpc) is 3.16. The molecule has 23 heavy (non-hydrogen) atoms. The van der Waals surface area contributed by atoms with Crippen LogP contribution in [0.15, 0.2) is 46.2 Å². The molecule has 0 fully saturated rings. The Morgan fingerprint density at radius 1 is 1.35 bits per heavy atom. The maximum atomic E-state index is 13.0.